The Morgan fingerprint density at radius 1 is 1.10 bits per heavy atom. The van der Waals surface area contributed by atoms with E-state index in [4.69, 9.17) is 0 Å². The molecule has 0 fully saturated rings. The average Bonchev–Trinajstić information content (AvgIpc) is 3.16. The molecule has 102 valence electrons. The molecule has 0 unspecified atom stereocenters. The molecular formula is C14H15N5S. The molecule has 2 heterocycles. The van der Waals surface area contributed by atoms with Crippen molar-refractivity contribution >= 4 is 11.8 Å². The molecule has 0 spiro atoms. The first kappa shape index (κ1) is 12.9. The van der Waals surface area contributed by atoms with E-state index in [2.05, 4.69) is 44.2 Å². The van der Waals surface area contributed by atoms with Crippen molar-refractivity contribution in [2.75, 3.05) is 6.26 Å². The van der Waals surface area contributed by atoms with Crippen LogP contribution in [-0.4, -0.2) is 30.6 Å². The van der Waals surface area contributed by atoms with Gasteiger partial charge in [0.05, 0.1) is 0 Å². The molecule has 0 radical (unpaired) electrons. The normalized spacial score (nSPS) is 10.8. The summed E-state index contributed by atoms with van der Waals surface area (Å²) in [5, 5.41) is 7.63. The zero-order chi connectivity index (χ0) is 13.8. The summed E-state index contributed by atoms with van der Waals surface area (Å²) >= 11 is 1.74. The van der Waals surface area contributed by atoms with Crippen molar-refractivity contribution in [1.29, 1.82) is 0 Å². The Balaban J connectivity index is 1.86. The Morgan fingerprint density at radius 2 is 1.90 bits per heavy atom. The molecule has 0 amide bonds. The van der Waals surface area contributed by atoms with Gasteiger partial charge in [-0.05, 0) is 12.3 Å². The van der Waals surface area contributed by atoms with Gasteiger partial charge in [0.25, 0.3) is 0 Å². The standard InChI is InChI=1S/C14H15N5S/c1-20-13-5-3-2-4-12(13)14-15-6-7-19(14)9-8-18-10-16-17-11-18/h2-7,10-11H,8-9H2,1H3. The van der Waals surface area contributed by atoms with Gasteiger partial charge in [0.15, 0.2) is 0 Å². The predicted molar refractivity (Wildman–Crippen MR) is 79.5 cm³/mol. The van der Waals surface area contributed by atoms with Crippen molar-refractivity contribution < 1.29 is 0 Å². The quantitative estimate of drug-likeness (QED) is 0.676. The monoisotopic (exact) mass is 285 g/mol. The summed E-state index contributed by atoms with van der Waals surface area (Å²) < 4.78 is 4.12. The van der Waals surface area contributed by atoms with Crippen LogP contribution in [0.1, 0.15) is 0 Å². The van der Waals surface area contributed by atoms with Crippen LogP contribution in [0.2, 0.25) is 0 Å². The zero-order valence-electron chi connectivity index (χ0n) is 11.2. The lowest BCUT2D eigenvalue weighted by molar-refractivity contribution is 0.580. The average molecular weight is 285 g/mol. The van der Waals surface area contributed by atoms with Gasteiger partial charge in [-0.2, -0.15) is 0 Å². The molecule has 3 aromatic rings. The van der Waals surface area contributed by atoms with Crippen LogP contribution in [0.15, 0.2) is 54.2 Å². The topological polar surface area (TPSA) is 48.5 Å². The fourth-order valence-corrected chi connectivity index (χ4v) is 2.72. The van der Waals surface area contributed by atoms with Crippen molar-refractivity contribution in [3.05, 3.63) is 49.3 Å². The summed E-state index contributed by atoms with van der Waals surface area (Å²) in [7, 11) is 0. The summed E-state index contributed by atoms with van der Waals surface area (Å²) in [6.07, 6.45) is 9.40. The van der Waals surface area contributed by atoms with E-state index in [0.717, 1.165) is 18.9 Å². The highest BCUT2D eigenvalue weighted by atomic mass is 32.2. The van der Waals surface area contributed by atoms with Gasteiger partial charge in [-0.1, -0.05) is 18.2 Å². The fourth-order valence-electron chi connectivity index (χ4n) is 2.12. The van der Waals surface area contributed by atoms with Crippen LogP contribution in [0, 0.1) is 0 Å². The number of aromatic nitrogens is 5. The molecule has 0 N–H and O–H groups in total. The lowest BCUT2D eigenvalue weighted by atomic mass is 10.2. The molecule has 0 aliphatic rings. The maximum absolute atomic E-state index is 4.50. The molecule has 0 atom stereocenters. The largest absolute Gasteiger partial charge is 0.329 e. The molecule has 6 heteroatoms. The lowest BCUT2D eigenvalue weighted by Gasteiger charge is -2.10. The first-order valence-corrected chi connectivity index (χ1v) is 7.58. The van der Waals surface area contributed by atoms with E-state index in [1.165, 1.54) is 10.5 Å². The number of benzene rings is 1. The Hall–Kier alpha value is -2.08. The van der Waals surface area contributed by atoms with Crippen LogP contribution >= 0.6 is 11.8 Å². The van der Waals surface area contributed by atoms with Gasteiger partial charge >= 0.3 is 0 Å². The number of rotatable bonds is 5. The van der Waals surface area contributed by atoms with Gasteiger partial charge in [0, 0.05) is 35.9 Å². The van der Waals surface area contributed by atoms with Gasteiger partial charge in [0.1, 0.15) is 18.5 Å². The minimum atomic E-state index is 0.831. The van der Waals surface area contributed by atoms with Crippen LogP contribution in [0.25, 0.3) is 11.4 Å². The van der Waals surface area contributed by atoms with Crippen molar-refractivity contribution in [3.63, 3.8) is 0 Å². The Labute approximate surface area is 121 Å². The Bertz CT molecular complexity index is 674. The maximum atomic E-state index is 4.50. The molecule has 5 nitrogen and oxygen atoms in total. The van der Waals surface area contributed by atoms with Gasteiger partial charge in [0.2, 0.25) is 0 Å². The van der Waals surface area contributed by atoms with Gasteiger partial charge in [-0.25, -0.2) is 4.98 Å². The highest BCUT2D eigenvalue weighted by Gasteiger charge is 2.09. The van der Waals surface area contributed by atoms with Gasteiger partial charge in [-0.3, -0.25) is 0 Å². The second-order valence-electron chi connectivity index (χ2n) is 4.34. The van der Waals surface area contributed by atoms with E-state index >= 15 is 0 Å². The molecule has 0 aliphatic carbocycles. The highest BCUT2D eigenvalue weighted by Crippen LogP contribution is 2.28. The van der Waals surface area contributed by atoms with E-state index in [0.29, 0.717) is 0 Å². The lowest BCUT2D eigenvalue weighted by Crippen LogP contribution is -2.07. The maximum Gasteiger partial charge on any atom is 0.141 e. The molecule has 20 heavy (non-hydrogen) atoms. The minimum Gasteiger partial charge on any atom is -0.329 e. The first-order valence-electron chi connectivity index (χ1n) is 6.35. The second kappa shape index (κ2) is 5.92. The number of thioether (sulfide) groups is 1. The Morgan fingerprint density at radius 3 is 2.70 bits per heavy atom. The molecule has 1 aromatic carbocycles. The molecule has 0 saturated heterocycles. The van der Waals surface area contributed by atoms with Crippen molar-refractivity contribution in [2.24, 2.45) is 0 Å². The number of imidazole rings is 1. The van der Waals surface area contributed by atoms with Crippen LogP contribution in [0.3, 0.4) is 0 Å². The van der Waals surface area contributed by atoms with E-state index in [1.807, 2.05) is 23.0 Å². The van der Waals surface area contributed by atoms with Crippen LogP contribution in [0.5, 0.6) is 0 Å². The molecule has 2 aromatic heterocycles. The predicted octanol–water partition coefficient (Wildman–Crippen LogP) is 2.56. The van der Waals surface area contributed by atoms with Crippen LogP contribution < -0.4 is 0 Å². The summed E-state index contributed by atoms with van der Waals surface area (Å²) in [5.41, 5.74) is 1.17. The third-order valence-corrected chi connectivity index (χ3v) is 3.92. The number of hydrogen-bond acceptors (Lipinski definition) is 4. The van der Waals surface area contributed by atoms with Crippen molar-refractivity contribution in [3.8, 4) is 11.4 Å². The Kier molecular flexibility index (Phi) is 3.83. The van der Waals surface area contributed by atoms with E-state index in [1.54, 1.807) is 24.4 Å². The number of aryl methyl sites for hydroxylation is 2. The third kappa shape index (κ3) is 2.60. The summed E-state index contributed by atoms with van der Waals surface area (Å²) in [6.45, 7) is 1.67. The molecule has 0 bridgehead atoms. The van der Waals surface area contributed by atoms with E-state index < -0.39 is 0 Å². The van der Waals surface area contributed by atoms with Gasteiger partial charge in [-0.15, -0.1) is 22.0 Å². The first-order chi connectivity index (χ1) is 9.88. The van der Waals surface area contributed by atoms with Crippen molar-refractivity contribution in [1.82, 2.24) is 24.3 Å². The summed E-state index contributed by atoms with van der Waals surface area (Å²) in [4.78, 5) is 5.74. The molecular weight excluding hydrogens is 270 g/mol. The summed E-state index contributed by atoms with van der Waals surface area (Å²) in [5.74, 6) is 1.00. The fraction of sp³-hybridized carbons (Fsp3) is 0.214. The molecule has 0 aliphatic heterocycles. The number of hydrogen-bond donors (Lipinski definition) is 0. The van der Waals surface area contributed by atoms with Crippen molar-refractivity contribution in [2.45, 2.75) is 18.0 Å². The second-order valence-corrected chi connectivity index (χ2v) is 5.19. The van der Waals surface area contributed by atoms with Gasteiger partial charge < -0.3 is 9.13 Å². The van der Waals surface area contributed by atoms with Crippen LogP contribution in [0.4, 0.5) is 0 Å². The molecule has 0 saturated carbocycles. The minimum absolute atomic E-state index is 0.831. The van der Waals surface area contributed by atoms with E-state index in [9.17, 15) is 0 Å². The highest BCUT2D eigenvalue weighted by molar-refractivity contribution is 7.98. The number of nitrogens with zero attached hydrogens (tertiary/aromatic N) is 5. The van der Waals surface area contributed by atoms with Crippen LogP contribution in [-0.2, 0) is 13.1 Å². The van der Waals surface area contributed by atoms with E-state index in [-0.39, 0.29) is 0 Å². The SMILES string of the molecule is CSc1ccccc1-c1nccn1CCn1cnnc1. The zero-order valence-corrected chi connectivity index (χ0v) is 12.0. The third-order valence-electron chi connectivity index (χ3n) is 3.13. The summed E-state index contributed by atoms with van der Waals surface area (Å²) in [6, 6.07) is 8.34. The molecule has 3 rings (SSSR count). The smallest absolute Gasteiger partial charge is 0.141 e.